The Balaban J connectivity index is 1.60. The molecule has 4 aromatic rings. The number of benzene rings is 4. The molecule has 3 N–H and O–H groups in total. The zero-order chi connectivity index (χ0) is 34.6. The van der Waals surface area contributed by atoms with E-state index in [1.807, 2.05) is 0 Å². The number of ether oxygens (including phenoxy) is 4. The second kappa shape index (κ2) is 13.9. The Labute approximate surface area is 280 Å². The van der Waals surface area contributed by atoms with Crippen molar-refractivity contribution >= 4 is 72.8 Å². The molecular formula is C32H29ClN6O8S. The molecule has 2 aliphatic rings. The highest BCUT2D eigenvalue weighted by Gasteiger charge is 2.49. The zero-order valence-electron chi connectivity index (χ0n) is 26.1. The first-order chi connectivity index (χ1) is 23.1. The van der Waals surface area contributed by atoms with Gasteiger partial charge in [-0.3, -0.25) is 9.59 Å². The summed E-state index contributed by atoms with van der Waals surface area (Å²) >= 11 is 5.79. The van der Waals surface area contributed by atoms with Crippen molar-refractivity contribution < 1.29 is 37.0 Å². The monoisotopic (exact) mass is 692 g/mol. The van der Waals surface area contributed by atoms with Crippen LogP contribution in [-0.4, -0.2) is 60.1 Å². The number of ketones is 2. The molecule has 0 aromatic heterocycles. The molecule has 0 spiro atoms. The molecule has 2 bridgehead atoms. The Kier molecular flexibility index (Phi) is 9.86. The zero-order valence-corrected chi connectivity index (χ0v) is 27.6. The lowest BCUT2D eigenvalue weighted by atomic mass is 9.96. The minimum Gasteiger partial charge on any atom is -0.493 e. The number of hydrogen-bond acceptors (Lipinski definition) is 14. The van der Waals surface area contributed by atoms with Gasteiger partial charge in [0.05, 0.1) is 41.1 Å². The van der Waals surface area contributed by atoms with Crippen LogP contribution in [0.3, 0.4) is 0 Å². The van der Waals surface area contributed by atoms with Gasteiger partial charge in [-0.25, -0.2) is 8.42 Å². The molecule has 2 heterocycles. The van der Waals surface area contributed by atoms with Crippen molar-refractivity contribution in [3.8, 4) is 11.5 Å². The Morgan fingerprint density at radius 1 is 0.833 bits per heavy atom. The summed E-state index contributed by atoms with van der Waals surface area (Å²) in [6.07, 6.45) is 0. The molecule has 14 nitrogen and oxygen atoms in total. The fourth-order valence-corrected chi connectivity index (χ4v) is 6.60. The van der Waals surface area contributed by atoms with Crippen LogP contribution in [0.25, 0.3) is 0 Å². The lowest BCUT2D eigenvalue weighted by Gasteiger charge is -2.28. The number of nitrogens with zero attached hydrogens (tertiary/aromatic N) is 4. The molecule has 0 aliphatic carbocycles. The van der Waals surface area contributed by atoms with Crippen LogP contribution in [0.1, 0.15) is 10.4 Å². The van der Waals surface area contributed by atoms with Crippen molar-refractivity contribution in [1.29, 1.82) is 0 Å². The van der Waals surface area contributed by atoms with Crippen molar-refractivity contribution in [3.05, 3.63) is 78.4 Å². The van der Waals surface area contributed by atoms with Crippen LogP contribution >= 0.6 is 11.6 Å². The van der Waals surface area contributed by atoms with E-state index in [9.17, 15) is 18.0 Å². The number of hydrogen-bond donors (Lipinski definition) is 2. The van der Waals surface area contributed by atoms with Crippen LogP contribution in [0.4, 0.5) is 39.8 Å². The quantitative estimate of drug-likeness (QED) is 0.0344. The van der Waals surface area contributed by atoms with Crippen LogP contribution in [0.2, 0.25) is 0 Å². The molecule has 0 fully saturated rings. The summed E-state index contributed by atoms with van der Waals surface area (Å²) in [5.74, 6) is -4.84. The summed E-state index contributed by atoms with van der Waals surface area (Å²) in [5, 5.41) is 20.5. The van der Waals surface area contributed by atoms with Gasteiger partial charge in [0.25, 0.3) is 5.79 Å². The summed E-state index contributed by atoms with van der Waals surface area (Å²) < 4.78 is 48.0. The standard InChI is InChI=1S/C32H29ClN6O8S/c1-44-24-16-20(34)27(31(41)32(46-3,47-4)26(40)17-33)29(30(24)45-2)39-37-22-9-6-5-8-21(22)36-38-23-10-7-11-25-28(23)35-18-12-14-19(15-13-18)48(25,42)43/h5-16,35H,17,34H2,1-4H3. The molecule has 248 valence electrons. The van der Waals surface area contributed by atoms with Gasteiger partial charge in [-0.15, -0.1) is 32.1 Å². The molecule has 0 saturated heterocycles. The Hall–Kier alpha value is -5.22. The number of nitrogen functional groups attached to an aromatic ring is 1. The Bertz CT molecular complexity index is 2070. The van der Waals surface area contributed by atoms with Gasteiger partial charge in [0.1, 0.15) is 22.7 Å². The molecule has 0 unspecified atom stereocenters. The Morgan fingerprint density at radius 2 is 1.44 bits per heavy atom. The fraction of sp³-hybridized carbons (Fsp3) is 0.188. The first-order valence-electron chi connectivity index (χ1n) is 14.0. The van der Waals surface area contributed by atoms with Gasteiger partial charge in [0, 0.05) is 31.7 Å². The third-order valence-corrected chi connectivity index (χ3v) is 9.45. The normalized spacial score (nSPS) is 13.5. The first kappa shape index (κ1) is 34.1. The van der Waals surface area contributed by atoms with Gasteiger partial charge in [0.2, 0.25) is 21.4 Å². The largest absolute Gasteiger partial charge is 0.493 e. The number of para-hydroxylation sites is 1. The van der Waals surface area contributed by atoms with Gasteiger partial charge in [-0.05, 0) is 48.5 Å². The SMILES string of the molecule is COc1cc(N)c(C(=O)C(OC)(OC)C(=O)CCl)c(N=Nc2ccccc2N=Nc2cccc3c2Nc2ccc(cc2)S3(=O)=O)c1OC. The number of nitrogens with one attached hydrogen (secondary N) is 1. The third-order valence-electron chi connectivity index (χ3n) is 7.40. The molecule has 48 heavy (non-hydrogen) atoms. The number of nitrogens with two attached hydrogens (primary N) is 1. The highest BCUT2D eigenvalue weighted by Crippen LogP contribution is 2.46. The van der Waals surface area contributed by atoms with Crippen molar-refractivity contribution in [2.75, 3.05) is 45.4 Å². The average Bonchev–Trinajstić information content (AvgIpc) is 3.10. The first-order valence-corrected chi connectivity index (χ1v) is 16.0. The molecule has 16 heteroatoms. The number of Topliss-reactive ketones (excluding diaryl/α,β-unsaturated/α-hetero) is 2. The molecule has 2 aliphatic heterocycles. The summed E-state index contributed by atoms with van der Waals surface area (Å²) in [7, 11) is 1.07. The average molecular weight is 693 g/mol. The predicted octanol–water partition coefficient (Wildman–Crippen LogP) is 6.99. The second-order valence-corrected chi connectivity index (χ2v) is 12.2. The minimum atomic E-state index is -3.83. The summed E-state index contributed by atoms with van der Waals surface area (Å²) in [4.78, 5) is 26.9. The van der Waals surface area contributed by atoms with Crippen LogP contribution in [-0.2, 0) is 24.1 Å². The Morgan fingerprint density at radius 3 is 2.02 bits per heavy atom. The molecule has 6 rings (SSSR count). The molecule has 0 amide bonds. The molecule has 4 aromatic carbocycles. The highest BCUT2D eigenvalue weighted by atomic mass is 35.5. The maximum absolute atomic E-state index is 13.9. The summed E-state index contributed by atoms with van der Waals surface area (Å²) in [5.41, 5.74) is 7.25. The molecular weight excluding hydrogens is 664 g/mol. The number of rotatable bonds is 12. The number of fused-ring (bicyclic) bond motifs is 2. The van der Waals surface area contributed by atoms with Gasteiger partial charge >= 0.3 is 0 Å². The van der Waals surface area contributed by atoms with Crippen molar-refractivity contribution in [3.63, 3.8) is 0 Å². The van der Waals surface area contributed by atoms with Crippen LogP contribution < -0.4 is 20.5 Å². The van der Waals surface area contributed by atoms with E-state index in [4.69, 9.17) is 36.3 Å². The van der Waals surface area contributed by atoms with Crippen LogP contribution in [0, 0.1) is 0 Å². The van der Waals surface area contributed by atoms with Gasteiger partial charge in [-0.2, -0.15) is 0 Å². The van der Waals surface area contributed by atoms with Crippen molar-refractivity contribution in [2.45, 2.75) is 15.6 Å². The molecule has 0 saturated carbocycles. The van der Waals surface area contributed by atoms with Crippen molar-refractivity contribution in [2.24, 2.45) is 20.5 Å². The number of methoxy groups -OCH3 is 4. The predicted molar refractivity (Wildman–Crippen MR) is 177 cm³/mol. The maximum Gasteiger partial charge on any atom is 0.296 e. The lowest BCUT2D eigenvalue weighted by molar-refractivity contribution is -0.182. The topological polar surface area (TPSA) is 193 Å². The third kappa shape index (κ3) is 5.99. The van der Waals surface area contributed by atoms with E-state index in [1.165, 1.54) is 38.5 Å². The van der Waals surface area contributed by atoms with E-state index in [1.54, 1.807) is 48.5 Å². The number of azo groups is 2. The maximum atomic E-state index is 13.9. The summed E-state index contributed by atoms with van der Waals surface area (Å²) in [6.45, 7) is 0. The minimum absolute atomic E-state index is 0.0275. The van der Waals surface area contributed by atoms with E-state index >= 15 is 0 Å². The number of halogens is 1. The molecule has 0 radical (unpaired) electrons. The van der Waals surface area contributed by atoms with Gasteiger partial charge in [-0.1, -0.05) is 18.2 Å². The number of sulfone groups is 1. The van der Waals surface area contributed by atoms with Crippen molar-refractivity contribution in [1.82, 2.24) is 0 Å². The number of alkyl halides is 1. The number of carbonyl (C=O) groups is 2. The van der Waals surface area contributed by atoms with Crippen LogP contribution in [0.15, 0.2) is 103 Å². The fourth-order valence-electron chi connectivity index (χ4n) is 4.99. The highest BCUT2D eigenvalue weighted by molar-refractivity contribution is 7.91. The number of carbonyl (C=O) groups excluding carboxylic acids is 2. The van der Waals surface area contributed by atoms with E-state index in [0.717, 1.165) is 14.2 Å². The van der Waals surface area contributed by atoms with E-state index in [0.29, 0.717) is 5.69 Å². The van der Waals surface area contributed by atoms with Crippen LogP contribution in [0.5, 0.6) is 11.5 Å². The van der Waals surface area contributed by atoms with E-state index < -0.39 is 33.1 Å². The smallest absolute Gasteiger partial charge is 0.296 e. The lowest BCUT2D eigenvalue weighted by Crippen LogP contribution is -2.51. The number of anilines is 3. The second-order valence-electron chi connectivity index (χ2n) is 10.0. The van der Waals surface area contributed by atoms with Gasteiger partial charge < -0.3 is 30.0 Å². The van der Waals surface area contributed by atoms with E-state index in [2.05, 4.69) is 25.8 Å². The summed E-state index contributed by atoms with van der Waals surface area (Å²) in [6, 6.07) is 18.9. The molecule has 0 atom stereocenters. The van der Waals surface area contributed by atoms with E-state index in [-0.39, 0.29) is 61.0 Å². The van der Waals surface area contributed by atoms with Gasteiger partial charge in [0.15, 0.2) is 11.5 Å².